The number of carbonyl (C=O) groups excluding carboxylic acids is 1. The van der Waals surface area contributed by atoms with Crippen molar-refractivity contribution in [1.82, 2.24) is 24.9 Å². The van der Waals surface area contributed by atoms with Crippen LogP contribution >= 0.6 is 0 Å². The molecule has 1 atom stereocenters. The van der Waals surface area contributed by atoms with E-state index in [1.54, 1.807) is 18.1 Å². The van der Waals surface area contributed by atoms with Crippen LogP contribution in [-0.2, 0) is 11.3 Å². The number of likely N-dealkylation sites (N-methyl/N-ethyl adjacent to an activating group) is 1. The summed E-state index contributed by atoms with van der Waals surface area (Å²) in [4.78, 5) is 16.7. The fourth-order valence-corrected chi connectivity index (χ4v) is 3.78. The topological polar surface area (TPSA) is 67.2 Å². The smallest absolute Gasteiger partial charge is 0.282 e. The molecule has 2 aliphatic rings. The summed E-state index contributed by atoms with van der Waals surface area (Å²) in [6.45, 7) is 1.55. The second-order valence-corrected chi connectivity index (χ2v) is 7.56. The van der Waals surface area contributed by atoms with Crippen molar-refractivity contribution >= 4 is 11.7 Å². The van der Waals surface area contributed by atoms with Crippen molar-refractivity contribution in [3.8, 4) is 0 Å². The molecule has 4 rings (SSSR count). The fourth-order valence-electron chi connectivity index (χ4n) is 3.78. The minimum atomic E-state index is -2.62. The lowest BCUT2D eigenvalue weighted by atomic mass is 10.0. The van der Waals surface area contributed by atoms with Crippen LogP contribution in [0.1, 0.15) is 49.4 Å². The Morgan fingerprint density at radius 2 is 2.18 bits per heavy atom. The highest BCUT2D eigenvalue weighted by atomic mass is 19.3. The summed E-state index contributed by atoms with van der Waals surface area (Å²) >= 11 is 0. The molecule has 7 nitrogen and oxygen atoms in total. The van der Waals surface area contributed by atoms with Gasteiger partial charge in [-0.2, -0.15) is 10.2 Å². The maximum Gasteiger partial charge on any atom is 0.282 e. The third kappa shape index (κ3) is 3.98. The van der Waals surface area contributed by atoms with Crippen LogP contribution < -0.4 is 4.90 Å². The number of piperidine rings is 1. The van der Waals surface area contributed by atoms with Gasteiger partial charge >= 0.3 is 0 Å². The van der Waals surface area contributed by atoms with Crippen molar-refractivity contribution in [1.29, 1.82) is 0 Å². The van der Waals surface area contributed by atoms with E-state index >= 15 is 0 Å². The molecule has 1 saturated carbocycles. The minimum absolute atomic E-state index is 0.00328. The summed E-state index contributed by atoms with van der Waals surface area (Å²) < 4.78 is 27.6. The van der Waals surface area contributed by atoms with Crippen molar-refractivity contribution in [2.24, 2.45) is 0 Å². The van der Waals surface area contributed by atoms with Gasteiger partial charge in [0.15, 0.2) is 5.82 Å². The molecule has 1 aliphatic carbocycles. The Labute approximate surface area is 162 Å². The number of halogens is 2. The first-order valence-electron chi connectivity index (χ1n) is 9.67. The number of alkyl halides is 2. The first-order chi connectivity index (χ1) is 13.5. The molecule has 0 N–H and O–H groups in total. The maximum atomic E-state index is 13.0. The van der Waals surface area contributed by atoms with Gasteiger partial charge in [-0.3, -0.25) is 9.48 Å². The van der Waals surface area contributed by atoms with Crippen LogP contribution in [0.25, 0.3) is 0 Å². The first kappa shape index (κ1) is 18.8. The van der Waals surface area contributed by atoms with Crippen LogP contribution in [0.4, 0.5) is 14.6 Å². The van der Waals surface area contributed by atoms with Crippen molar-refractivity contribution < 1.29 is 13.6 Å². The Balaban J connectivity index is 1.43. The molecule has 28 heavy (non-hydrogen) atoms. The number of carbonyl (C=O) groups is 1. The van der Waals surface area contributed by atoms with Crippen LogP contribution in [0.2, 0.25) is 0 Å². The lowest BCUT2D eigenvalue weighted by Gasteiger charge is -2.38. The average Bonchev–Trinajstić information content (AvgIpc) is 3.48. The van der Waals surface area contributed by atoms with E-state index in [9.17, 15) is 13.6 Å². The molecule has 1 aliphatic heterocycles. The Kier molecular flexibility index (Phi) is 5.23. The zero-order valence-electron chi connectivity index (χ0n) is 15.8. The van der Waals surface area contributed by atoms with Crippen molar-refractivity contribution in [3.63, 3.8) is 0 Å². The summed E-state index contributed by atoms with van der Waals surface area (Å²) in [7, 11) is 1.78. The molecule has 2 fully saturated rings. The van der Waals surface area contributed by atoms with E-state index in [1.807, 2.05) is 12.1 Å². The second kappa shape index (κ2) is 7.81. The van der Waals surface area contributed by atoms with Gasteiger partial charge in [-0.05, 0) is 43.9 Å². The molecular weight excluding hydrogens is 366 g/mol. The molecule has 0 spiro atoms. The standard InChI is InChI=1S/C19H24F2N6O/c1-25(14-4-3-9-26(11-14)17-5-2-8-22-23-17)18(28)12-27-16(13-6-7-13)10-15(24-27)19(20)21/h2,5,8,10,13-14,19H,3-4,6-7,9,11-12H2,1H3. The van der Waals surface area contributed by atoms with Crippen molar-refractivity contribution in [3.05, 3.63) is 35.8 Å². The molecule has 0 radical (unpaired) electrons. The summed E-state index contributed by atoms with van der Waals surface area (Å²) in [5, 5.41) is 12.1. The molecule has 150 valence electrons. The van der Waals surface area contributed by atoms with Gasteiger partial charge in [0.25, 0.3) is 6.43 Å². The number of amides is 1. The van der Waals surface area contributed by atoms with E-state index in [2.05, 4.69) is 20.2 Å². The van der Waals surface area contributed by atoms with Gasteiger partial charge in [0.05, 0.1) is 0 Å². The van der Waals surface area contributed by atoms with E-state index in [1.165, 1.54) is 10.7 Å². The number of hydrogen-bond donors (Lipinski definition) is 0. The van der Waals surface area contributed by atoms with E-state index in [0.29, 0.717) is 6.54 Å². The van der Waals surface area contributed by atoms with Crippen molar-refractivity contribution in [2.75, 3.05) is 25.0 Å². The van der Waals surface area contributed by atoms with Crippen LogP contribution in [0, 0.1) is 0 Å². The molecule has 0 bridgehead atoms. The zero-order valence-corrected chi connectivity index (χ0v) is 15.8. The lowest BCUT2D eigenvalue weighted by molar-refractivity contribution is -0.133. The molecule has 2 aromatic heterocycles. The van der Waals surface area contributed by atoms with Crippen LogP contribution in [0.3, 0.4) is 0 Å². The predicted molar refractivity (Wildman–Crippen MR) is 99.2 cm³/mol. The highest BCUT2D eigenvalue weighted by Crippen LogP contribution is 2.41. The molecule has 0 aromatic carbocycles. The van der Waals surface area contributed by atoms with E-state index in [4.69, 9.17) is 0 Å². The highest BCUT2D eigenvalue weighted by Gasteiger charge is 2.32. The first-order valence-corrected chi connectivity index (χ1v) is 9.67. The largest absolute Gasteiger partial charge is 0.353 e. The van der Waals surface area contributed by atoms with Gasteiger partial charge in [0, 0.05) is 44.0 Å². The summed E-state index contributed by atoms with van der Waals surface area (Å²) in [5.74, 6) is 0.939. The molecule has 1 amide bonds. The number of aromatic nitrogens is 4. The number of rotatable bonds is 6. The third-order valence-electron chi connectivity index (χ3n) is 5.55. The van der Waals surface area contributed by atoms with Crippen LogP contribution in [0.5, 0.6) is 0 Å². The second-order valence-electron chi connectivity index (χ2n) is 7.56. The number of hydrogen-bond acceptors (Lipinski definition) is 5. The van der Waals surface area contributed by atoms with E-state index in [-0.39, 0.29) is 30.1 Å². The van der Waals surface area contributed by atoms with Crippen LogP contribution in [-0.4, -0.2) is 57.0 Å². The summed E-state index contributed by atoms with van der Waals surface area (Å²) in [6, 6.07) is 5.25. The van der Waals surface area contributed by atoms with E-state index in [0.717, 1.165) is 43.7 Å². The Hall–Kier alpha value is -2.58. The van der Waals surface area contributed by atoms with Gasteiger partial charge in [-0.1, -0.05) is 0 Å². The normalized spacial score (nSPS) is 19.9. The number of nitrogens with zero attached hydrogens (tertiary/aromatic N) is 6. The minimum Gasteiger partial charge on any atom is -0.353 e. The number of anilines is 1. The monoisotopic (exact) mass is 390 g/mol. The van der Waals surface area contributed by atoms with Gasteiger partial charge in [0.2, 0.25) is 5.91 Å². The maximum absolute atomic E-state index is 13.0. The Morgan fingerprint density at radius 1 is 1.36 bits per heavy atom. The molecule has 1 saturated heterocycles. The van der Waals surface area contributed by atoms with Gasteiger partial charge < -0.3 is 9.80 Å². The Bertz CT molecular complexity index is 823. The van der Waals surface area contributed by atoms with Gasteiger partial charge in [0.1, 0.15) is 12.2 Å². The average molecular weight is 390 g/mol. The van der Waals surface area contributed by atoms with Gasteiger partial charge in [-0.15, -0.1) is 5.10 Å². The summed E-state index contributed by atoms with van der Waals surface area (Å²) in [6.07, 6.45) is 2.79. The highest BCUT2D eigenvalue weighted by molar-refractivity contribution is 5.76. The Morgan fingerprint density at radius 3 is 2.86 bits per heavy atom. The SMILES string of the molecule is CN(C(=O)Cn1nc(C(F)F)cc1C1CC1)C1CCCN(c2cccnn2)C1. The third-order valence-corrected chi connectivity index (χ3v) is 5.55. The quantitative estimate of drug-likeness (QED) is 0.759. The fraction of sp³-hybridized carbons (Fsp3) is 0.579. The molecular formula is C19H24F2N6O. The molecule has 9 heteroatoms. The molecule has 1 unspecified atom stereocenters. The van der Waals surface area contributed by atoms with Gasteiger partial charge in [-0.25, -0.2) is 8.78 Å². The summed E-state index contributed by atoms with van der Waals surface area (Å²) in [5.41, 5.74) is 0.505. The lowest BCUT2D eigenvalue weighted by Crippen LogP contribution is -2.49. The predicted octanol–water partition coefficient (Wildman–Crippen LogP) is 2.62. The molecule has 2 aromatic rings. The van der Waals surface area contributed by atoms with E-state index < -0.39 is 6.43 Å². The van der Waals surface area contributed by atoms with Crippen LogP contribution in [0.15, 0.2) is 24.4 Å². The van der Waals surface area contributed by atoms with Crippen molar-refractivity contribution in [2.45, 2.75) is 50.6 Å². The molecule has 3 heterocycles. The zero-order chi connectivity index (χ0) is 19.7.